The second-order valence-electron chi connectivity index (χ2n) is 9.85. The highest BCUT2D eigenvalue weighted by atomic mass is 35.5. The Balaban J connectivity index is 1.29. The van der Waals surface area contributed by atoms with Gasteiger partial charge < -0.3 is 24.7 Å². The first kappa shape index (κ1) is 30.1. The van der Waals surface area contributed by atoms with Crippen LogP contribution in [0.3, 0.4) is 0 Å². The van der Waals surface area contributed by atoms with E-state index in [1.54, 1.807) is 54.6 Å². The molecule has 2 N–H and O–H groups in total. The van der Waals surface area contributed by atoms with Gasteiger partial charge in [0.1, 0.15) is 41.2 Å². The van der Waals surface area contributed by atoms with Gasteiger partial charge in [-0.15, -0.1) is 0 Å². The molecule has 0 bridgehead atoms. The summed E-state index contributed by atoms with van der Waals surface area (Å²) in [5.41, 5.74) is 10.4. The summed E-state index contributed by atoms with van der Waals surface area (Å²) in [4.78, 5) is 12.5. The van der Waals surface area contributed by atoms with E-state index >= 15 is 0 Å². The molecule has 0 aromatic heterocycles. The summed E-state index contributed by atoms with van der Waals surface area (Å²) in [7, 11) is 0. The number of nitrogens with zero attached hydrogens (tertiary/aromatic N) is 1. The molecule has 0 saturated carbocycles. The van der Waals surface area contributed by atoms with Crippen LogP contribution in [0.25, 0.3) is 0 Å². The van der Waals surface area contributed by atoms with Gasteiger partial charge in [-0.05, 0) is 73.0 Å². The van der Waals surface area contributed by atoms with Gasteiger partial charge in [0, 0.05) is 32.3 Å². The highest BCUT2D eigenvalue weighted by Crippen LogP contribution is 2.43. The lowest BCUT2D eigenvalue weighted by Gasteiger charge is -2.26. The van der Waals surface area contributed by atoms with Crippen LogP contribution in [0, 0.1) is 25.2 Å². The Morgan fingerprint density at radius 1 is 0.907 bits per heavy atom. The molecular weight excluding hydrogens is 611 g/mol. The van der Waals surface area contributed by atoms with Crippen molar-refractivity contribution >= 4 is 40.8 Å². The molecule has 7 nitrogen and oxygen atoms in total. The first-order valence-electron chi connectivity index (χ1n) is 13.1. The molecule has 1 heterocycles. The Morgan fingerprint density at radius 3 is 2.28 bits per heavy atom. The number of esters is 1. The molecule has 0 radical (unpaired) electrons. The van der Waals surface area contributed by atoms with Crippen LogP contribution in [-0.4, -0.2) is 12.6 Å². The zero-order valence-electron chi connectivity index (χ0n) is 23.1. The number of rotatable bonds is 8. The average Bonchev–Trinajstić information content (AvgIpc) is 2.98. The number of nitriles is 1. The van der Waals surface area contributed by atoms with E-state index in [1.807, 2.05) is 32.0 Å². The van der Waals surface area contributed by atoms with Crippen LogP contribution in [0.5, 0.6) is 23.0 Å². The minimum Gasteiger partial charge on any atom is -0.489 e. The molecule has 218 valence electrons. The number of benzene rings is 4. The maximum absolute atomic E-state index is 12.5. The van der Waals surface area contributed by atoms with Crippen LogP contribution in [0.2, 0.25) is 15.1 Å². The summed E-state index contributed by atoms with van der Waals surface area (Å²) in [6.07, 6.45) is 0. The van der Waals surface area contributed by atoms with Crippen LogP contribution in [-0.2, 0) is 11.4 Å². The lowest BCUT2D eigenvalue weighted by Crippen LogP contribution is -2.21. The SMILES string of the molecule is Cc1cc(OCC(=O)Oc2ccc3c(c2)OC(N)=C(C#N)C3c2ccc(OCc3ccc(Cl)cc3Cl)cc2)cc(C)c1Cl. The fourth-order valence-electron chi connectivity index (χ4n) is 4.69. The van der Waals surface area contributed by atoms with Gasteiger partial charge in [-0.1, -0.05) is 59.1 Å². The third-order valence-electron chi connectivity index (χ3n) is 6.81. The Labute approximate surface area is 263 Å². The molecule has 1 aliphatic heterocycles. The van der Waals surface area contributed by atoms with Gasteiger partial charge in [0.05, 0.1) is 5.92 Å². The number of nitrogens with two attached hydrogens (primary N) is 1. The maximum Gasteiger partial charge on any atom is 0.349 e. The second-order valence-corrected chi connectivity index (χ2v) is 11.1. The number of carbonyl (C=O) groups excluding carboxylic acids is 1. The number of hydrogen-bond acceptors (Lipinski definition) is 7. The van der Waals surface area contributed by atoms with E-state index in [2.05, 4.69) is 6.07 Å². The number of fused-ring (bicyclic) bond motifs is 1. The number of allylic oxidation sites excluding steroid dienone is 1. The number of ether oxygens (including phenoxy) is 4. The molecule has 1 atom stereocenters. The largest absolute Gasteiger partial charge is 0.489 e. The molecular formula is C33H25Cl3N2O5. The second kappa shape index (κ2) is 12.9. The molecule has 5 rings (SSSR count). The zero-order chi connectivity index (χ0) is 30.7. The smallest absolute Gasteiger partial charge is 0.349 e. The van der Waals surface area contributed by atoms with Crippen LogP contribution in [0.4, 0.5) is 0 Å². The van der Waals surface area contributed by atoms with Gasteiger partial charge in [-0.3, -0.25) is 0 Å². The summed E-state index contributed by atoms with van der Waals surface area (Å²) < 4.78 is 22.7. The predicted molar refractivity (Wildman–Crippen MR) is 165 cm³/mol. The first-order chi connectivity index (χ1) is 20.6. The van der Waals surface area contributed by atoms with Crippen molar-refractivity contribution in [1.29, 1.82) is 5.26 Å². The van der Waals surface area contributed by atoms with Crippen molar-refractivity contribution < 1.29 is 23.7 Å². The van der Waals surface area contributed by atoms with Crippen molar-refractivity contribution in [2.45, 2.75) is 26.4 Å². The van der Waals surface area contributed by atoms with Crippen molar-refractivity contribution in [3.63, 3.8) is 0 Å². The molecule has 43 heavy (non-hydrogen) atoms. The standard InChI is InChI=1S/C33H25Cl3N2O5/c1-18-11-25(12-19(2)32(18)36)41-17-30(39)42-24-9-10-26-29(14-24)43-33(38)27(15-37)31(26)20-4-7-23(8-5-20)40-16-21-3-6-22(34)13-28(21)35/h3-14,31H,16-17,38H2,1-2H3. The monoisotopic (exact) mass is 634 g/mol. The maximum atomic E-state index is 12.5. The van der Waals surface area contributed by atoms with E-state index in [9.17, 15) is 10.1 Å². The van der Waals surface area contributed by atoms with Crippen LogP contribution < -0.4 is 24.7 Å². The molecule has 0 spiro atoms. The molecule has 0 aliphatic carbocycles. The van der Waals surface area contributed by atoms with Crippen molar-refractivity contribution in [2.75, 3.05) is 6.61 Å². The normalized spacial score (nSPS) is 13.9. The minimum atomic E-state index is -0.603. The Kier molecular flexibility index (Phi) is 9.02. The first-order valence-corrected chi connectivity index (χ1v) is 14.2. The molecule has 0 fully saturated rings. The highest BCUT2D eigenvalue weighted by Gasteiger charge is 2.31. The third-order valence-corrected chi connectivity index (χ3v) is 7.99. The van der Waals surface area contributed by atoms with Crippen molar-refractivity contribution in [1.82, 2.24) is 0 Å². The number of hydrogen-bond donors (Lipinski definition) is 1. The zero-order valence-corrected chi connectivity index (χ0v) is 25.4. The van der Waals surface area contributed by atoms with E-state index < -0.39 is 11.9 Å². The molecule has 4 aromatic carbocycles. The van der Waals surface area contributed by atoms with Crippen LogP contribution in [0.1, 0.15) is 33.7 Å². The Morgan fingerprint density at radius 2 is 1.60 bits per heavy atom. The number of halogens is 3. The van der Waals surface area contributed by atoms with Gasteiger partial charge >= 0.3 is 5.97 Å². The van der Waals surface area contributed by atoms with Gasteiger partial charge in [0.25, 0.3) is 0 Å². The summed E-state index contributed by atoms with van der Waals surface area (Å²) in [5.74, 6) is 0.609. The quantitative estimate of drug-likeness (QED) is 0.154. The lowest BCUT2D eigenvalue weighted by atomic mass is 9.83. The predicted octanol–water partition coefficient (Wildman–Crippen LogP) is 8.05. The molecule has 10 heteroatoms. The van der Waals surface area contributed by atoms with E-state index in [0.717, 1.165) is 22.3 Å². The van der Waals surface area contributed by atoms with Gasteiger partial charge in [0.15, 0.2) is 6.61 Å². The average molecular weight is 636 g/mol. The fraction of sp³-hybridized carbons (Fsp3) is 0.152. The fourth-order valence-corrected chi connectivity index (χ4v) is 5.26. The summed E-state index contributed by atoms with van der Waals surface area (Å²) >= 11 is 18.4. The summed E-state index contributed by atoms with van der Waals surface area (Å²) in [6.45, 7) is 3.68. The Bertz CT molecular complexity index is 1760. The summed E-state index contributed by atoms with van der Waals surface area (Å²) in [5, 5.41) is 11.6. The number of aryl methyl sites for hydroxylation is 2. The summed E-state index contributed by atoms with van der Waals surface area (Å²) in [6, 6.07) is 23.2. The topological polar surface area (TPSA) is 104 Å². The minimum absolute atomic E-state index is 0.0296. The van der Waals surface area contributed by atoms with Gasteiger partial charge in [-0.25, -0.2) is 4.79 Å². The van der Waals surface area contributed by atoms with Crippen LogP contribution in [0.15, 0.2) is 84.3 Å². The molecule has 0 saturated heterocycles. The molecule has 4 aromatic rings. The van der Waals surface area contributed by atoms with E-state index in [1.165, 1.54) is 0 Å². The molecule has 0 amide bonds. The van der Waals surface area contributed by atoms with Crippen molar-refractivity contribution in [3.8, 4) is 29.1 Å². The highest BCUT2D eigenvalue weighted by molar-refractivity contribution is 6.35. The van der Waals surface area contributed by atoms with Crippen LogP contribution >= 0.6 is 34.8 Å². The van der Waals surface area contributed by atoms with Crippen molar-refractivity contribution in [3.05, 3.63) is 127 Å². The number of carbonyl (C=O) groups is 1. The molecule has 1 unspecified atom stereocenters. The van der Waals surface area contributed by atoms with E-state index in [4.69, 9.17) is 59.5 Å². The van der Waals surface area contributed by atoms with E-state index in [0.29, 0.717) is 37.9 Å². The lowest BCUT2D eigenvalue weighted by molar-refractivity contribution is -0.136. The third kappa shape index (κ3) is 6.84. The molecule has 1 aliphatic rings. The van der Waals surface area contributed by atoms with Gasteiger partial charge in [0.2, 0.25) is 5.88 Å². The van der Waals surface area contributed by atoms with Gasteiger partial charge in [-0.2, -0.15) is 5.26 Å². The Hall–Kier alpha value is -4.35. The van der Waals surface area contributed by atoms with Crippen molar-refractivity contribution in [2.24, 2.45) is 5.73 Å². The van der Waals surface area contributed by atoms with E-state index in [-0.39, 0.29) is 30.4 Å².